The summed E-state index contributed by atoms with van der Waals surface area (Å²) in [6.45, 7) is 0. The van der Waals surface area contributed by atoms with Gasteiger partial charge in [0.25, 0.3) is 0 Å². The summed E-state index contributed by atoms with van der Waals surface area (Å²) in [5.41, 5.74) is 0.0580. The smallest absolute Gasteiger partial charge is 0.136 e. The number of hydrogen-bond acceptors (Lipinski definition) is 3. The third-order valence-electron chi connectivity index (χ3n) is 4.16. The van der Waals surface area contributed by atoms with E-state index < -0.39 is 5.60 Å². The molecule has 1 aromatic heterocycles. The van der Waals surface area contributed by atoms with E-state index in [9.17, 15) is 9.90 Å². The first-order valence-corrected chi connectivity index (χ1v) is 5.86. The summed E-state index contributed by atoms with van der Waals surface area (Å²) >= 11 is 0. The molecule has 0 aliphatic heterocycles. The molecule has 16 heavy (non-hydrogen) atoms. The van der Waals surface area contributed by atoms with Crippen LogP contribution in [-0.2, 0) is 10.4 Å². The molecule has 2 bridgehead atoms. The minimum absolute atomic E-state index is 0.0650. The average Bonchev–Trinajstić information content (AvgIpc) is 2.32. The Bertz CT molecular complexity index is 417. The van der Waals surface area contributed by atoms with Crippen molar-refractivity contribution in [3.8, 4) is 0 Å². The maximum atomic E-state index is 11.6. The van der Waals surface area contributed by atoms with E-state index in [2.05, 4.69) is 4.98 Å². The quantitative estimate of drug-likeness (QED) is 0.778. The largest absolute Gasteiger partial charge is 0.385 e. The number of ketones is 1. The lowest BCUT2D eigenvalue weighted by Gasteiger charge is -2.47. The number of hydrogen-bond donors (Lipinski definition) is 1. The second-order valence-electron chi connectivity index (χ2n) is 5.01. The van der Waals surface area contributed by atoms with Crippen LogP contribution in [0, 0.1) is 11.8 Å². The van der Waals surface area contributed by atoms with Crippen molar-refractivity contribution in [2.24, 2.45) is 11.8 Å². The van der Waals surface area contributed by atoms with Gasteiger partial charge in [-0.2, -0.15) is 0 Å². The molecule has 0 saturated heterocycles. The van der Waals surface area contributed by atoms with Crippen molar-refractivity contribution in [1.82, 2.24) is 4.98 Å². The van der Waals surface area contributed by atoms with E-state index in [0.29, 0.717) is 18.6 Å². The van der Waals surface area contributed by atoms with Gasteiger partial charge in [-0.1, -0.05) is 6.07 Å². The van der Waals surface area contributed by atoms with Crippen LogP contribution in [0.3, 0.4) is 0 Å². The van der Waals surface area contributed by atoms with E-state index in [0.717, 1.165) is 18.4 Å². The fourth-order valence-corrected chi connectivity index (χ4v) is 3.21. The number of fused-ring (bicyclic) bond motifs is 3. The number of pyridine rings is 1. The van der Waals surface area contributed by atoms with Gasteiger partial charge in [-0.25, -0.2) is 0 Å². The highest BCUT2D eigenvalue weighted by Crippen LogP contribution is 2.50. The fourth-order valence-electron chi connectivity index (χ4n) is 3.21. The Kier molecular flexibility index (Phi) is 2.11. The van der Waals surface area contributed by atoms with E-state index in [-0.39, 0.29) is 11.8 Å². The van der Waals surface area contributed by atoms with E-state index in [4.69, 9.17) is 0 Å². The van der Waals surface area contributed by atoms with Crippen molar-refractivity contribution in [3.05, 3.63) is 30.1 Å². The number of nitrogens with zero attached hydrogens (tertiary/aromatic N) is 1. The van der Waals surface area contributed by atoms with Gasteiger partial charge in [0.05, 0.1) is 5.60 Å². The Labute approximate surface area is 94.5 Å². The lowest BCUT2D eigenvalue weighted by atomic mass is 9.59. The Morgan fingerprint density at radius 2 is 2.31 bits per heavy atom. The maximum absolute atomic E-state index is 11.6. The molecular weight excluding hydrogens is 202 g/mol. The first kappa shape index (κ1) is 9.97. The molecule has 1 heterocycles. The molecule has 4 rings (SSSR count). The zero-order valence-electron chi connectivity index (χ0n) is 9.10. The molecule has 3 aliphatic rings. The summed E-state index contributed by atoms with van der Waals surface area (Å²) in [4.78, 5) is 15.7. The predicted octanol–water partition coefficient (Wildman–Crippen LogP) is 1.66. The molecule has 0 unspecified atom stereocenters. The minimum Gasteiger partial charge on any atom is -0.385 e. The summed E-state index contributed by atoms with van der Waals surface area (Å²) in [6, 6.07) is 3.76. The van der Waals surface area contributed by atoms with Crippen LogP contribution in [0.15, 0.2) is 24.5 Å². The van der Waals surface area contributed by atoms with Crippen molar-refractivity contribution in [2.75, 3.05) is 0 Å². The number of carbonyl (C=O) groups excluding carboxylic acids is 1. The number of Topliss-reactive ketones (excluding diaryl/α,β-unsaturated/α-hetero) is 1. The SMILES string of the molecule is O=C1C[C@H]2CC[C@@H]1C[C@@]2(O)c1cccnc1. The lowest BCUT2D eigenvalue weighted by molar-refractivity contribution is -0.150. The first-order chi connectivity index (χ1) is 7.70. The summed E-state index contributed by atoms with van der Waals surface area (Å²) in [6.07, 6.45) is 6.47. The van der Waals surface area contributed by atoms with Gasteiger partial charge in [0, 0.05) is 30.3 Å². The molecule has 3 saturated carbocycles. The summed E-state index contributed by atoms with van der Waals surface area (Å²) in [7, 11) is 0. The third kappa shape index (κ3) is 1.31. The molecular formula is C13H15NO2. The van der Waals surface area contributed by atoms with E-state index in [1.54, 1.807) is 12.4 Å². The Morgan fingerprint density at radius 1 is 1.44 bits per heavy atom. The molecule has 0 spiro atoms. The Hall–Kier alpha value is -1.22. The lowest BCUT2D eigenvalue weighted by Crippen LogP contribution is -2.49. The highest BCUT2D eigenvalue weighted by Gasteiger charge is 2.50. The first-order valence-electron chi connectivity index (χ1n) is 5.86. The van der Waals surface area contributed by atoms with Crippen LogP contribution in [0.25, 0.3) is 0 Å². The molecule has 1 aromatic rings. The van der Waals surface area contributed by atoms with Gasteiger partial charge in [0.15, 0.2) is 0 Å². The van der Waals surface area contributed by atoms with Crippen molar-refractivity contribution < 1.29 is 9.90 Å². The standard InChI is InChI=1S/C13H15NO2/c15-12-6-10-4-3-9(12)7-13(10,16)11-2-1-5-14-8-11/h1-2,5,8-10,16H,3-4,6-7H2/t9-,10-,13+/m1/s1. The Balaban J connectivity index is 1.98. The molecule has 3 nitrogen and oxygen atoms in total. The van der Waals surface area contributed by atoms with E-state index in [1.165, 1.54) is 0 Å². The molecule has 3 atom stereocenters. The molecule has 3 fully saturated rings. The predicted molar refractivity (Wildman–Crippen MR) is 58.6 cm³/mol. The fraction of sp³-hybridized carbons (Fsp3) is 0.538. The molecule has 3 aliphatic carbocycles. The van der Waals surface area contributed by atoms with Crippen molar-refractivity contribution in [1.29, 1.82) is 0 Å². The van der Waals surface area contributed by atoms with Crippen molar-refractivity contribution >= 4 is 5.78 Å². The molecule has 3 heteroatoms. The second kappa shape index (κ2) is 3.39. The number of aliphatic hydroxyl groups is 1. The van der Waals surface area contributed by atoms with Crippen LogP contribution in [0.4, 0.5) is 0 Å². The number of carbonyl (C=O) groups is 1. The van der Waals surface area contributed by atoms with Crippen molar-refractivity contribution in [3.63, 3.8) is 0 Å². The topological polar surface area (TPSA) is 50.2 Å². The second-order valence-corrected chi connectivity index (χ2v) is 5.01. The maximum Gasteiger partial charge on any atom is 0.136 e. The van der Waals surface area contributed by atoms with E-state index in [1.807, 2.05) is 12.1 Å². The average molecular weight is 217 g/mol. The van der Waals surface area contributed by atoms with Gasteiger partial charge in [0.1, 0.15) is 5.78 Å². The molecule has 0 radical (unpaired) electrons. The molecule has 84 valence electrons. The minimum atomic E-state index is -0.814. The monoisotopic (exact) mass is 217 g/mol. The normalized spacial score (nSPS) is 37.7. The van der Waals surface area contributed by atoms with Gasteiger partial charge >= 0.3 is 0 Å². The highest BCUT2D eigenvalue weighted by molar-refractivity contribution is 5.83. The van der Waals surface area contributed by atoms with Crippen LogP contribution in [0.2, 0.25) is 0 Å². The van der Waals surface area contributed by atoms with Crippen LogP contribution in [0.1, 0.15) is 31.2 Å². The zero-order chi connectivity index (χ0) is 11.2. The zero-order valence-corrected chi connectivity index (χ0v) is 9.10. The van der Waals surface area contributed by atoms with Crippen LogP contribution < -0.4 is 0 Å². The molecule has 1 N–H and O–H groups in total. The van der Waals surface area contributed by atoms with Crippen molar-refractivity contribution in [2.45, 2.75) is 31.3 Å². The number of aromatic nitrogens is 1. The van der Waals surface area contributed by atoms with Crippen LogP contribution in [0.5, 0.6) is 0 Å². The molecule has 0 aromatic carbocycles. The summed E-state index contributed by atoms with van der Waals surface area (Å²) < 4.78 is 0. The van der Waals surface area contributed by atoms with Gasteiger partial charge in [-0.3, -0.25) is 9.78 Å². The highest BCUT2D eigenvalue weighted by atomic mass is 16.3. The summed E-state index contributed by atoms with van der Waals surface area (Å²) in [5, 5.41) is 10.8. The van der Waals surface area contributed by atoms with Gasteiger partial charge in [0.2, 0.25) is 0 Å². The van der Waals surface area contributed by atoms with Gasteiger partial charge in [-0.15, -0.1) is 0 Å². The van der Waals surface area contributed by atoms with Crippen LogP contribution >= 0.6 is 0 Å². The van der Waals surface area contributed by atoms with Gasteiger partial charge < -0.3 is 5.11 Å². The van der Waals surface area contributed by atoms with Gasteiger partial charge in [-0.05, 0) is 31.2 Å². The van der Waals surface area contributed by atoms with Crippen LogP contribution in [-0.4, -0.2) is 15.9 Å². The number of rotatable bonds is 1. The Morgan fingerprint density at radius 3 is 2.88 bits per heavy atom. The third-order valence-corrected chi connectivity index (χ3v) is 4.16. The molecule has 0 amide bonds. The van der Waals surface area contributed by atoms with E-state index >= 15 is 0 Å². The summed E-state index contributed by atoms with van der Waals surface area (Å²) in [5.74, 6) is 0.495.